The third-order valence-corrected chi connectivity index (χ3v) is 7.53. The third-order valence-electron chi connectivity index (χ3n) is 7.53. The Labute approximate surface area is 236 Å². The maximum absolute atomic E-state index is 12.8. The Morgan fingerprint density at radius 3 is 2.42 bits per heavy atom. The van der Waals surface area contributed by atoms with Crippen molar-refractivity contribution in [3.05, 3.63) is 84.1 Å². The van der Waals surface area contributed by atoms with E-state index in [4.69, 9.17) is 14.2 Å². The molecule has 3 aromatic rings. The van der Waals surface area contributed by atoms with E-state index in [0.717, 1.165) is 62.7 Å². The number of methoxy groups -OCH3 is 2. The van der Waals surface area contributed by atoms with E-state index in [-0.39, 0.29) is 12.0 Å². The number of benzene rings is 2. The number of carbonyl (C=O) groups excluding carboxylic acids is 1. The number of amides is 1. The van der Waals surface area contributed by atoms with Crippen LogP contribution >= 0.6 is 0 Å². The molecule has 3 heterocycles. The molecule has 0 N–H and O–H groups in total. The van der Waals surface area contributed by atoms with Crippen LogP contribution in [0.4, 0.5) is 5.82 Å². The molecule has 2 aromatic carbocycles. The molecule has 5 rings (SSSR count). The molecule has 0 atom stereocenters. The lowest BCUT2D eigenvalue weighted by molar-refractivity contribution is -0.127. The Balaban J connectivity index is 1.07. The second-order valence-electron chi connectivity index (χ2n) is 10.2. The molecule has 0 unspecified atom stereocenters. The maximum atomic E-state index is 12.8. The summed E-state index contributed by atoms with van der Waals surface area (Å²) in [7, 11) is 3.21. The molecular formula is C32H38N4O4. The Hall–Kier alpha value is -4.04. The monoisotopic (exact) mass is 542 g/mol. The standard InChI is InChI=1S/C32H38N4O4/c1-38-29-11-9-25(23-30(29)39-2)10-12-32(37)36-16-13-27(14-17-36)40-28-7-5-6-26(22-28)24-34-18-20-35(21-19-34)31-8-3-4-15-33-31/h3-12,15,22-23,27H,13-14,16-21,24H2,1-2H3. The highest BCUT2D eigenvalue weighted by Crippen LogP contribution is 2.28. The minimum atomic E-state index is 0.0124. The Morgan fingerprint density at radius 2 is 1.70 bits per heavy atom. The summed E-state index contributed by atoms with van der Waals surface area (Å²) in [4.78, 5) is 24.0. The van der Waals surface area contributed by atoms with Crippen LogP contribution in [0.2, 0.25) is 0 Å². The lowest BCUT2D eigenvalue weighted by atomic mass is 10.1. The summed E-state index contributed by atoms with van der Waals surface area (Å²) in [6, 6.07) is 20.1. The van der Waals surface area contributed by atoms with Gasteiger partial charge in [0, 0.05) is 70.9 Å². The number of anilines is 1. The molecule has 0 saturated carbocycles. The van der Waals surface area contributed by atoms with Crippen molar-refractivity contribution in [2.75, 3.05) is 58.4 Å². The van der Waals surface area contributed by atoms with Gasteiger partial charge in [-0.1, -0.05) is 24.3 Å². The Kier molecular flexibility index (Phi) is 9.18. The zero-order chi connectivity index (χ0) is 27.7. The van der Waals surface area contributed by atoms with E-state index in [1.54, 1.807) is 20.3 Å². The number of ether oxygens (including phenoxy) is 3. The summed E-state index contributed by atoms with van der Waals surface area (Å²) in [5.41, 5.74) is 2.15. The number of carbonyl (C=O) groups is 1. The lowest BCUT2D eigenvalue weighted by Gasteiger charge is -2.35. The molecule has 210 valence electrons. The second kappa shape index (κ2) is 13.3. The number of likely N-dealkylation sites (tertiary alicyclic amines) is 1. The predicted octanol–water partition coefficient (Wildman–Crippen LogP) is 4.50. The molecule has 1 amide bonds. The first-order chi connectivity index (χ1) is 19.6. The van der Waals surface area contributed by atoms with Gasteiger partial charge in [0.25, 0.3) is 0 Å². The summed E-state index contributed by atoms with van der Waals surface area (Å²) in [6.45, 7) is 6.25. The fraction of sp³-hybridized carbons (Fsp3) is 0.375. The molecule has 2 fully saturated rings. The highest BCUT2D eigenvalue weighted by Gasteiger charge is 2.23. The number of piperazine rings is 1. The fourth-order valence-electron chi connectivity index (χ4n) is 5.27. The van der Waals surface area contributed by atoms with Gasteiger partial charge < -0.3 is 24.0 Å². The van der Waals surface area contributed by atoms with Crippen LogP contribution in [-0.4, -0.2) is 80.3 Å². The Bertz CT molecular complexity index is 1280. The van der Waals surface area contributed by atoms with Crippen molar-refractivity contribution >= 4 is 17.8 Å². The normalized spacial score (nSPS) is 16.8. The van der Waals surface area contributed by atoms with Gasteiger partial charge in [-0.25, -0.2) is 4.98 Å². The molecule has 40 heavy (non-hydrogen) atoms. The molecular weight excluding hydrogens is 504 g/mol. The van der Waals surface area contributed by atoms with Crippen molar-refractivity contribution in [1.82, 2.24) is 14.8 Å². The molecule has 2 saturated heterocycles. The molecule has 8 heteroatoms. The number of pyridine rings is 1. The molecule has 8 nitrogen and oxygen atoms in total. The van der Waals surface area contributed by atoms with Gasteiger partial charge in [0.1, 0.15) is 17.7 Å². The molecule has 0 spiro atoms. The van der Waals surface area contributed by atoms with Crippen molar-refractivity contribution in [2.45, 2.75) is 25.5 Å². The molecule has 2 aliphatic rings. The smallest absolute Gasteiger partial charge is 0.246 e. The number of hydrogen-bond donors (Lipinski definition) is 0. The van der Waals surface area contributed by atoms with Crippen LogP contribution in [0.3, 0.4) is 0 Å². The minimum Gasteiger partial charge on any atom is -0.493 e. The van der Waals surface area contributed by atoms with Gasteiger partial charge in [-0.05, 0) is 53.6 Å². The van der Waals surface area contributed by atoms with Crippen LogP contribution in [0, 0.1) is 0 Å². The molecule has 0 radical (unpaired) electrons. The highest BCUT2D eigenvalue weighted by atomic mass is 16.5. The zero-order valence-electron chi connectivity index (χ0n) is 23.4. The first kappa shape index (κ1) is 27.5. The van der Waals surface area contributed by atoms with Gasteiger partial charge in [0.15, 0.2) is 11.5 Å². The lowest BCUT2D eigenvalue weighted by Crippen LogP contribution is -2.46. The van der Waals surface area contributed by atoms with Crippen LogP contribution in [0.1, 0.15) is 24.0 Å². The van der Waals surface area contributed by atoms with E-state index in [0.29, 0.717) is 24.6 Å². The van der Waals surface area contributed by atoms with Crippen molar-refractivity contribution in [1.29, 1.82) is 0 Å². The van der Waals surface area contributed by atoms with Gasteiger partial charge in [-0.2, -0.15) is 0 Å². The Morgan fingerprint density at radius 1 is 0.900 bits per heavy atom. The van der Waals surface area contributed by atoms with Crippen molar-refractivity contribution in [3.8, 4) is 17.2 Å². The quantitative estimate of drug-likeness (QED) is 0.369. The fourth-order valence-corrected chi connectivity index (χ4v) is 5.27. The first-order valence-corrected chi connectivity index (χ1v) is 13.9. The summed E-state index contributed by atoms with van der Waals surface area (Å²) in [6.07, 6.45) is 7.04. The van der Waals surface area contributed by atoms with Crippen molar-refractivity contribution in [2.24, 2.45) is 0 Å². The topological polar surface area (TPSA) is 67.4 Å². The van der Waals surface area contributed by atoms with Gasteiger partial charge in [-0.3, -0.25) is 9.69 Å². The van der Waals surface area contributed by atoms with E-state index in [9.17, 15) is 4.79 Å². The van der Waals surface area contributed by atoms with E-state index in [2.05, 4.69) is 39.0 Å². The van der Waals surface area contributed by atoms with E-state index < -0.39 is 0 Å². The molecule has 1 aromatic heterocycles. The summed E-state index contributed by atoms with van der Waals surface area (Å²) in [5, 5.41) is 0. The van der Waals surface area contributed by atoms with E-state index >= 15 is 0 Å². The van der Waals surface area contributed by atoms with E-state index in [1.807, 2.05) is 53.6 Å². The molecule has 2 aliphatic heterocycles. The zero-order valence-corrected chi connectivity index (χ0v) is 23.4. The minimum absolute atomic E-state index is 0.0124. The number of hydrogen-bond acceptors (Lipinski definition) is 7. The SMILES string of the molecule is COc1ccc(C=CC(=O)N2CCC(Oc3cccc(CN4CCN(c5ccccn5)CC4)c3)CC2)cc1OC. The van der Waals surface area contributed by atoms with E-state index in [1.165, 1.54) is 5.56 Å². The van der Waals surface area contributed by atoms with Gasteiger partial charge in [0.05, 0.1) is 14.2 Å². The van der Waals surface area contributed by atoms with Crippen LogP contribution in [0.5, 0.6) is 17.2 Å². The average molecular weight is 543 g/mol. The largest absolute Gasteiger partial charge is 0.493 e. The van der Waals surface area contributed by atoms with Crippen LogP contribution in [0.15, 0.2) is 72.9 Å². The second-order valence-corrected chi connectivity index (χ2v) is 10.2. The maximum Gasteiger partial charge on any atom is 0.246 e. The number of nitrogens with zero attached hydrogens (tertiary/aromatic N) is 4. The van der Waals surface area contributed by atoms with Gasteiger partial charge in [0.2, 0.25) is 5.91 Å². The molecule has 0 bridgehead atoms. The van der Waals surface area contributed by atoms with Crippen LogP contribution in [0.25, 0.3) is 6.08 Å². The van der Waals surface area contributed by atoms with Crippen molar-refractivity contribution in [3.63, 3.8) is 0 Å². The molecule has 0 aliphatic carbocycles. The van der Waals surface area contributed by atoms with Gasteiger partial charge >= 0.3 is 0 Å². The van der Waals surface area contributed by atoms with Gasteiger partial charge in [-0.15, -0.1) is 0 Å². The predicted molar refractivity (Wildman–Crippen MR) is 157 cm³/mol. The van der Waals surface area contributed by atoms with Crippen LogP contribution in [-0.2, 0) is 11.3 Å². The summed E-state index contributed by atoms with van der Waals surface area (Å²) < 4.78 is 17.0. The first-order valence-electron chi connectivity index (χ1n) is 13.9. The number of piperidine rings is 1. The summed E-state index contributed by atoms with van der Waals surface area (Å²) >= 11 is 0. The third kappa shape index (κ3) is 7.12. The highest BCUT2D eigenvalue weighted by molar-refractivity contribution is 5.92. The number of rotatable bonds is 9. The summed E-state index contributed by atoms with van der Waals surface area (Å²) in [5.74, 6) is 3.28. The van der Waals surface area contributed by atoms with Crippen molar-refractivity contribution < 1.29 is 19.0 Å². The number of aromatic nitrogens is 1. The van der Waals surface area contributed by atoms with Crippen LogP contribution < -0.4 is 19.1 Å². The average Bonchev–Trinajstić information content (AvgIpc) is 3.01.